The maximum Gasteiger partial charge on any atom is 0.220 e. The minimum Gasteiger partial charge on any atom is -0.394 e. The minimum absolute atomic E-state index is 0.204. The van der Waals surface area contributed by atoms with Crippen LogP contribution in [0.15, 0.2) is 60.8 Å². The summed E-state index contributed by atoms with van der Waals surface area (Å²) in [4.78, 5) is 13.3. The van der Waals surface area contributed by atoms with Crippen molar-refractivity contribution in [3.8, 4) is 0 Å². The highest BCUT2D eigenvalue weighted by atomic mass is 16.7. The van der Waals surface area contributed by atoms with Crippen LogP contribution < -0.4 is 5.32 Å². The van der Waals surface area contributed by atoms with Gasteiger partial charge in [-0.2, -0.15) is 0 Å². The Hall–Kier alpha value is -2.31. The van der Waals surface area contributed by atoms with Crippen molar-refractivity contribution in [1.82, 2.24) is 5.32 Å². The van der Waals surface area contributed by atoms with Crippen LogP contribution in [0.25, 0.3) is 0 Å². The van der Waals surface area contributed by atoms with Crippen LogP contribution in [0.5, 0.6) is 0 Å². The van der Waals surface area contributed by atoms with Crippen molar-refractivity contribution in [3.05, 3.63) is 60.8 Å². The second kappa shape index (κ2) is 53.9. The van der Waals surface area contributed by atoms with E-state index in [4.69, 9.17) is 18.9 Å². The van der Waals surface area contributed by atoms with E-state index in [0.29, 0.717) is 12.8 Å². The minimum atomic E-state index is -1.78. The summed E-state index contributed by atoms with van der Waals surface area (Å²) >= 11 is 0. The molecule has 0 saturated carbocycles. The van der Waals surface area contributed by atoms with Crippen molar-refractivity contribution in [2.45, 2.75) is 351 Å². The SMILES string of the molecule is CC/C=C\C/C=C\C/C=C\C/C=C\C/C=C\CCCCCCCCCCCCCCCCCCCCCC(=O)NC(COC1OC(CO)C(OC2OC(CO)C(O)C(O)C2O)C(O)C1O)C(O)CCCCCCCCCCCCCCCC. The zero-order valence-corrected chi connectivity index (χ0v) is 52.4. The fourth-order valence-electron chi connectivity index (χ4n) is 11.1. The molecule has 0 aromatic carbocycles. The molecule has 0 aromatic heterocycles. The molecule has 2 aliphatic rings. The van der Waals surface area contributed by atoms with Crippen LogP contribution in [-0.4, -0.2) is 140 Å². The van der Waals surface area contributed by atoms with Crippen LogP contribution in [0.1, 0.15) is 277 Å². The third kappa shape index (κ3) is 38.6. The summed E-state index contributed by atoms with van der Waals surface area (Å²) < 4.78 is 22.9. The smallest absolute Gasteiger partial charge is 0.220 e. The van der Waals surface area contributed by atoms with Crippen LogP contribution in [0.3, 0.4) is 0 Å². The van der Waals surface area contributed by atoms with Crippen molar-refractivity contribution in [2.75, 3.05) is 19.8 Å². The van der Waals surface area contributed by atoms with Gasteiger partial charge in [-0.3, -0.25) is 4.79 Å². The van der Waals surface area contributed by atoms with E-state index in [-0.39, 0.29) is 12.5 Å². The maximum atomic E-state index is 13.3. The number of nitrogens with one attached hydrogen (secondary N) is 1. The summed E-state index contributed by atoms with van der Waals surface area (Å²) in [5, 5.41) is 87.4. The average molecular weight is 1180 g/mol. The van der Waals surface area contributed by atoms with E-state index in [0.717, 1.165) is 83.5 Å². The molecule has 14 nitrogen and oxygen atoms in total. The molecule has 2 heterocycles. The second-order valence-corrected chi connectivity index (χ2v) is 23.9. The van der Waals surface area contributed by atoms with E-state index >= 15 is 0 Å². The van der Waals surface area contributed by atoms with Gasteiger partial charge in [-0.25, -0.2) is 0 Å². The highest BCUT2D eigenvalue weighted by Crippen LogP contribution is 2.30. The van der Waals surface area contributed by atoms with E-state index in [1.54, 1.807) is 0 Å². The number of aliphatic hydroxyl groups excluding tert-OH is 8. The van der Waals surface area contributed by atoms with Crippen LogP contribution >= 0.6 is 0 Å². The predicted octanol–water partition coefficient (Wildman–Crippen LogP) is 13.3. The third-order valence-electron chi connectivity index (χ3n) is 16.5. The van der Waals surface area contributed by atoms with Gasteiger partial charge in [0.05, 0.1) is 32.0 Å². The lowest BCUT2D eigenvalue weighted by molar-refractivity contribution is -0.359. The number of amides is 1. The topological polar surface area (TPSA) is 228 Å². The van der Waals surface area contributed by atoms with Crippen molar-refractivity contribution in [3.63, 3.8) is 0 Å². The summed E-state index contributed by atoms with van der Waals surface area (Å²) in [6.07, 6.45) is 53.9. The number of carbonyl (C=O) groups excluding carboxylic acids is 1. The Morgan fingerprint density at radius 3 is 1.28 bits per heavy atom. The summed E-state index contributed by atoms with van der Waals surface area (Å²) in [5.74, 6) is -0.204. The Labute approximate surface area is 505 Å². The predicted molar refractivity (Wildman–Crippen MR) is 337 cm³/mol. The number of hydrogen-bond acceptors (Lipinski definition) is 13. The van der Waals surface area contributed by atoms with Crippen LogP contribution in [0.4, 0.5) is 0 Å². The Morgan fingerprint density at radius 2 is 0.831 bits per heavy atom. The molecule has 2 rings (SSSR count). The zero-order valence-electron chi connectivity index (χ0n) is 52.4. The molecule has 0 radical (unpaired) electrons. The van der Waals surface area contributed by atoms with Gasteiger partial charge in [0.2, 0.25) is 5.91 Å². The Balaban J connectivity index is 1.60. The summed E-state index contributed by atoms with van der Waals surface area (Å²) in [6, 6.07) is -0.828. The first kappa shape index (κ1) is 76.8. The molecule has 2 aliphatic heterocycles. The number of rotatable bonds is 55. The number of aliphatic hydroxyl groups is 8. The van der Waals surface area contributed by atoms with Crippen molar-refractivity contribution in [2.24, 2.45) is 0 Å². The molecule has 1 amide bonds. The van der Waals surface area contributed by atoms with Crippen molar-refractivity contribution in [1.29, 1.82) is 0 Å². The standard InChI is InChI=1S/C69H125NO13/c1-3-5-7-9-11-13-15-17-19-20-21-22-23-24-25-26-27-28-29-30-31-32-33-34-35-36-37-38-39-41-43-45-47-49-51-53-61(74)70-57(58(73)52-50-48-46-44-42-40-18-16-14-12-10-8-6-4-2)56-80-68-66(79)64(77)67(60(55-72)82-68)83-69-65(78)63(76)62(75)59(54-71)81-69/h5,7,11,13,17,19,21-22,24-25,57-60,62-69,71-73,75-79H,3-4,6,8-10,12,14-16,18,20,23,26-56H2,1-2H3,(H,70,74)/b7-5-,13-11-,19-17-,22-21-,25-24-. The monoisotopic (exact) mass is 1180 g/mol. The quantitative estimate of drug-likeness (QED) is 0.0204. The van der Waals surface area contributed by atoms with Gasteiger partial charge < -0.3 is 65.1 Å². The zero-order chi connectivity index (χ0) is 60.2. The van der Waals surface area contributed by atoms with Gasteiger partial charge in [-0.15, -0.1) is 0 Å². The van der Waals surface area contributed by atoms with Gasteiger partial charge in [-0.05, 0) is 57.8 Å². The molecule has 9 N–H and O–H groups in total. The van der Waals surface area contributed by atoms with Gasteiger partial charge in [0.25, 0.3) is 0 Å². The van der Waals surface area contributed by atoms with Crippen LogP contribution in [0.2, 0.25) is 0 Å². The Morgan fingerprint density at radius 1 is 0.446 bits per heavy atom. The van der Waals surface area contributed by atoms with E-state index in [9.17, 15) is 45.6 Å². The molecular weight excluding hydrogens is 1050 g/mol. The highest BCUT2D eigenvalue weighted by Gasteiger charge is 2.51. The normalized spacial score (nSPS) is 24.2. The van der Waals surface area contributed by atoms with E-state index in [2.05, 4.69) is 79.9 Å². The number of unbranched alkanes of at least 4 members (excludes halogenated alkanes) is 32. The molecule has 2 fully saturated rings. The van der Waals surface area contributed by atoms with Gasteiger partial charge >= 0.3 is 0 Å². The summed E-state index contributed by atoms with van der Waals surface area (Å²) in [6.45, 7) is 2.76. The number of ether oxygens (including phenoxy) is 4. The summed E-state index contributed by atoms with van der Waals surface area (Å²) in [5.41, 5.74) is 0. The van der Waals surface area contributed by atoms with Gasteiger partial charge in [0.15, 0.2) is 12.6 Å². The number of carbonyl (C=O) groups is 1. The first-order valence-electron chi connectivity index (χ1n) is 34.0. The van der Waals surface area contributed by atoms with Crippen molar-refractivity contribution >= 4 is 5.91 Å². The highest BCUT2D eigenvalue weighted by molar-refractivity contribution is 5.76. The van der Waals surface area contributed by atoms with E-state index < -0.39 is 86.8 Å². The van der Waals surface area contributed by atoms with Crippen LogP contribution in [-0.2, 0) is 23.7 Å². The molecule has 12 unspecified atom stereocenters. The average Bonchev–Trinajstić information content (AvgIpc) is 3.64. The molecular formula is C69H125NO13. The number of allylic oxidation sites excluding steroid dienone is 10. The molecule has 12 atom stereocenters. The molecule has 484 valence electrons. The summed E-state index contributed by atoms with van der Waals surface area (Å²) in [7, 11) is 0. The first-order chi connectivity index (χ1) is 40.6. The Kier molecular flexibility index (Phi) is 49.9. The lowest BCUT2D eigenvalue weighted by Gasteiger charge is -2.46. The molecule has 14 heteroatoms. The van der Waals surface area contributed by atoms with Crippen molar-refractivity contribution < 1.29 is 64.6 Å². The molecule has 0 spiro atoms. The maximum absolute atomic E-state index is 13.3. The Bertz CT molecular complexity index is 1620. The fraction of sp³-hybridized carbons (Fsp3) is 0.841. The lowest BCUT2D eigenvalue weighted by Crippen LogP contribution is -2.65. The van der Waals surface area contributed by atoms with Gasteiger partial charge in [0.1, 0.15) is 48.8 Å². The first-order valence-corrected chi connectivity index (χ1v) is 34.0. The number of hydrogen-bond donors (Lipinski definition) is 9. The molecule has 0 aromatic rings. The fourth-order valence-corrected chi connectivity index (χ4v) is 11.1. The molecule has 0 aliphatic carbocycles. The van der Waals surface area contributed by atoms with E-state index in [1.165, 1.54) is 167 Å². The van der Waals surface area contributed by atoms with Gasteiger partial charge in [-0.1, -0.05) is 274 Å². The van der Waals surface area contributed by atoms with Gasteiger partial charge in [0, 0.05) is 6.42 Å². The van der Waals surface area contributed by atoms with Crippen LogP contribution in [0, 0.1) is 0 Å². The molecule has 83 heavy (non-hydrogen) atoms. The molecule has 2 saturated heterocycles. The second-order valence-electron chi connectivity index (χ2n) is 23.9. The largest absolute Gasteiger partial charge is 0.394 e. The molecule has 0 bridgehead atoms. The van der Waals surface area contributed by atoms with E-state index in [1.807, 2.05) is 0 Å². The lowest BCUT2D eigenvalue weighted by atomic mass is 9.97. The third-order valence-corrected chi connectivity index (χ3v) is 16.5.